The molecule has 4 bridgehead atoms. The number of carbonyl (C=O) groups excluding carboxylic acids is 6. The molecule has 4 aromatic rings. The number of aromatic nitrogens is 4. The number of fused-ring (bicyclic) bond motifs is 12. The molecule has 7 fully saturated rings. The van der Waals surface area contributed by atoms with Crippen LogP contribution < -0.4 is 29.6 Å². The number of nitrogens with one attached hydrogen (secondary N) is 2. The molecule has 6 heterocycles. The van der Waals surface area contributed by atoms with Gasteiger partial charge in [0.05, 0.1) is 47.4 Å². The summed E-state index contributed by atoms with van der Waals surface area (Å²) in [6, 6.07) is 8.16. The van der Waals surface area contributed by atoms with E-state index < -0.39 is 65.0 Å². The van der Waals surface area contributed by atoms with Crippen molar-refractivity contribution in [1.82, 2.24) is 40.4 Å². The summed E-state index contributed by atoms with van der Waals surface area (Å²) in [5, 5.41) is 5.79. The average Bonchev–Trinajstić information content (AvgIpc) is 1.60. The summed E-state index contributed by atoms with van der Waals surface area (Å²) in [6.07, 6.45) is 20.9. The minimum absolute atomic E-state index is 0. The van der Waals surface area contributed by atoms with E-state index in [1.165, 1.54) is 16.2 Å². The van der Waals surface area contributed by atoms with Crippen LogP contribution in [0.1, 0.15) is 183 Å². The Kier molecular flexibility index (Phi) is 21.3. The summed E-state index contributed by atoms with van der Waals surface area (Å²) in [4.78, 5) is 102. The first kappa shape index (κ1) is 69.1. The maximum Gasteiger partial charge on any atom is 0.408 e. The number of hydrogen-bond acceptors (Lipinski definition) is 16. The van der Waals surface area contributed by atoms with Gasteiger partial charge in [-0.15, -0.1) is 0 Å². The fraction of sp³-hybridized carbons (Fsp3) is 0.686. The van der Waals surface area contributed by atoms with Gasteiger partial charge in [-0.1, -0.05) is 93.2 Å². The Morgan fingerprint density at radius 1 is 0.554 bits per heavy atom. The van der Waals surface area contributed by atoms with Gasteiger partial charge >= 0.3 is 12.2 Å². The van der Waals surface area contributed by atoms with Gasteiger partial charge in [0.25, 0.3) is 0 Å². The fourth-order valence-electron chi connectivity index (χ4n) is 15.0. The van der Waals surface area contributed by atoms with Gasteiger partial charge in [0, 0.05) is 49.2 Å². The molecule has 2 aromatic carbocycles. The van der Waals surface area contributed by atoms with Crippen molar-refractivity contribution in [3.05, 3.63) is 47.8 Å². The molecule has 2 unspecified atom stereocenters. The van der Waals surface area contributed by atoms with E-state index in [1.54, 1.807) is 0 Å². The van der Waals surface area contributed by atoms with Gasteiger partial charge < -0.3 is 58.4 Å². The van der Waals surface area contributed by atoms with Crippen LogP contribution in [-0.2, 0) is 78.6 Å². The SMILES string of the molecule is C[C@@H]1[C@@H]2CN(C(=O)[C@H](C(C)(C)C)NC(=O)O[C@@H]3CC4CC4[C@H]3CCCCCc3nc4ccc(OC5CC5)cc4nc3O2)[C@@H]1[C-]=O.C[C@@H]1[C@@H]2CN(C(=O)[C@H](C(C)(C)C)NC(=O)O[C@]3(C)CCC[C@H]3CCCCCc3nc4ccc(OC5CC5)cc4nc3O2)[C@@H]1[C-]=O.[V].[V]. The molecule has 92 heavy (non-hydrogen) atoms. The van der Waals surface area contributed by atoms with Crippen LogP contribution in [-0.4, -0.2) is 140 Å². The van der Waals surface area contributed by atoms with Crippen molar-refractivity contribution in [2.24, 2.45) is 46.3 Å². The topological polar surface area (TPSA) is 240 Å². The van der Waals surface area contributed by atoms with E-state index in [2.05, 4.69) is 23.2 Å². The Hall–Kier alpha value is -5.69. The molecule has 496 valence electrons. The first-order valence-corrected chi connectivity index (χ1v) is 33.6. The van der Waals surface area contributed by atoms with Crippen molar-refractivity contribution in [3.63, 3.8) is 0 Å². The Balaban J connectivity index is 0.000000197. The molecule has 5 saturated carbocycles. The van der Waals surface area contributed by atoms with Gasteiger partial charge in [-0.25, -0.2) is 42.1 Å². The van der Waals surface area contributed by atoms with E-state index in [1.807, 2.05) is 98.7 Å². The number of amides is 4. The van der Waals surface area contributed by atoms with Gasteiger partial charge in [0.1, 0.15) is 58.9 Å². The van der Waals surface area contributed by atoms with Gasteiger partial charge in [0.15, 0.2) is 0 Å². The number of carbonyl (C=O) groups is 4. The van der Waals surface area contributed by atoms with Crippen molar-refractivity contribution < 1.29 is 94.3 Å². The molecular formula is C70H92N8O12V2-2. The zero-order chi connectivity index (χ0) is 63.4. The molecular weight excluding hydrogens is 1250 g/mol. The van der Waals surface area contributed by atoms with Crippen LogP contribution in [0.5, 0.6) is 23.3 Å². The Morgan fingerprint density at radius 3 is 1.51 bits per heavy atom. The molecule has 2 saturated heterocycles. The predicted molar refractivity (Wildman–Crippen MR) is 335 cm³/mol. The number of ether oxygens (including phenoxy) is 6. The molecule has 20 nitrogen and oxygen atoms in total. The van der Waals surface area contributed by atoms with E-state index in [4.69, 9.17) is 48.4 Å². The second-order valence-electron chi connectivity index (χ2n) is 29.9. The number of aryl methyl sites for hydroxylation is 2. The monoisotopic (exact) mass is 1340 g/mol. The third-order valence-corrected chi connectivity index (χ3v) is 20.8. The van der Waals surface area contributed by atoms with E-state index in [-0.39, 0.29) is 98.1 Å². The molecule has 2 aromatic heterocycles. The first-order valence-electron chi connectivity index (χ1n) is 33.6. The van der Waals surface area contributed by atoms with E-state index in [9.17, 15) is 28.8 Å². The summed E-state index contributed by atoms with van der Waals surface area (Å²) in [7, 11) is 0. The predicted octanol–water partition coefficient (Wildman–Crippen LogP) is 10.8. The second kappa shape index (κ2) is 28.3. The molecule has 4 aliphatic heterocycles. The van der Waals surface area contributed by atoms with Crippen LogP contribution in [0.4, 0.5) is 9.59 Å². The summed E-state index contributed by atoms with van der Waals surface area (Å²) in [6.45, 7) is 17.5. The Bertz CT molecular complexity index is 3240. The summed E-state index contributed by atoms with van der Waals surface area (Å²) >= 11 is 0. The maximum atomic E-state index is 14.1. The Morgan fingerprint density at radius 2 is 1.03 bits per heavy atom. The number of alkyl carbamates (subject to hydrolysis) is 2. The van der Waals surface area contributed by atoms with Crippen molar-refractivity contribution in [2.45, 2.75) is 245 Å². The fourth-order valence-corrected chi connectivity index (χ4v) is 15.0. The van der Waals surface area contributed by atoms with Gasteiger partial charge in [-0.2, -0.15) is 0 Å². The largest absolute Gasteiger partial charge is 0.540 e. The van der Waals surface area contributed by atoms with Gasteiger partial charge in [-0.3, -0.25) is 9.59 Å². The van der Waals surface area contributed by atoms with E-state index in [0.29, 0.717) is 53.4 Å². The molecule has 2 N–H and O–H groups in total. The van der Waals surface area contributed by atoms with Crippen LogP contribution in [0.15, 0.2) is 36.4 Å². The van der Waals surface area contributed by atoms with Crippen LogP contribution in [0, 0.1) is 46.3 Å². The van der Waals surface area contributed by atoms with Crippen molar-refractivity contribution >= 4 is 58.6 Å². The summed E-state index contributed by atoms with van der Waals surface area (Å²) < 4.78 is 37.3. The smallest absolute Gasteiger partial charge is 0.408 e. The normalized spacial score (nSPS) is 32.0. The molecule has 14 atom stereocenters. The number of nitrogens with zero attached hydrogens (tertiary/aromatic N) is 6. The van der Waals surface area contributed by atoms with E-state index >= 15 is 0 Å². The molecule has 0 spiro atoms. The average molecular weight is 1340 g/mol. The van der Waals surface area contributed by atoms with Crippen LogP contribution in [0.2, 0.25) is 0 Å². The van der Waals surface area contributed by atoms with Crippen molar-refractivity contribution in [2.75, 3.05) is 13.1 Å². The molecule has 9 aliphatic rings. The van der Waals surface area contributed by atoms with Crippen LogP contribution >= 0.6 is 0 Å². The van der Waals surface area contributed by atoms with Gasteiger partial charge in [0.2, 0.25) is 23.6 Å². The zero-order valence-electron chi connectivity index (χ0n) is 55.0. The zero-order valence-corrected chi connectivity index (χ0v) is 57.7. The molecule has 2 radical (unpaired) electrons. The minimum Gasteiger partial charge on any atom is -0.540 e. The van der Waals surface area contributed by atoms with E-state index in [0.717, 1.165) is 137 Å². The molecule has 13 rings (SSSR count). The number of rotatable bonds is 6. The molecule has 22 heteroatoms. The third-order valence-electron chi connectivity index (χ3n) is 20.8. The van der Waals surface area contributed by atoms with Crippen molar-refractivity contribution in [3.8, 4) is 23.3 Å². The third kappa shape index (κ3) is 15.5. The van der Waals surface area contributed by atoms with Crippen molar-refractivity contribution in [1.29, 1.82) is 0 Å². The summed E-state index contributed by atoms with van der Waals surface area (Å²) in [5.74, 6) is 2.87. The first-order chi connectivity index (χ1) is 43.0. The van der Waals surface area contributed by atoms with Crippen LogP contribution in [0.3, 0.4) is 0 Å². The minimum atomic E-state index is -0.907. The van der Waals surface area contributed by atoms with Crippen LogP contribution in [0.25, 0.3) is 22.1 Å². The number of hydrogen-bond donors (Lipinski definition) is 2. The number of benzene rings is 2. The summed E-state index contributed by atoms with van der Waals surface area (Å²) in [5.41, 5.74) is 2.65. The standard InChI is InChI=1S/C35H45N4O6.C35H47N4O6.2V/c1-19-28(18-40)39-17-30(19)44-32-26(36-25-13-12-22(16-27(25)37-32)43-21-10-11-21)9-7-5-6-8-23-24-14-20(24)15-29(23)45-34(42)38-31(33(39)41)35(2,3)4;1-21-28(20-40)39-19-29(21)44-31-26(36-25-16-15-24(18-27(25)37-31)43-23-13-14-23)12-8-6-7-10-22-11-9-17-35(22,5)45-33(42)38-30(32(39)41)34(2,3)4;;/h12-13,16,19-21,23-24,28-31H,5-11,14-15,17H2,1-4H3,(H,38,42);15-16,18,21-23,28-30H,6-14,17,19H2,1-5H3,(H,38,42);;/q2*-1;;/t19-,20?,23+,24?,28+,29+,30-,31+;21-,22+,28+,29-,30+,35+;;/m00../s1. The maximum absolute atomic E-state index is 14.1. The molecule has 5 aliphatic carbocycles. The van der Waals surface area contributed by atoms with Gasteiger partial charge in [-0.05, 0) is 174 Å². The molecule has 4 amide bonds. The second-order valence-corrected chi connectivity index (χ2v) is 29.9. The Labute approximate surface area is 565 Å². The quantitative estimate of drug-likeness (QED) is 0.171.